The predicted octanol–water partition coefficient (Wildman–Crippen LogP) is 5.94. The number of amides is 2. The van der Waals surface area contributed by atoms with Crippen LogP contribution in [0.2, 0.25) is 10.0 Å². The van der Waals surface area contributed by atoms with E-state index in [1.807, 2.05) is 29.1 Å². The average molecular weight is 694 g/mol. The minimum atomic E-state index is -0.185. The molecule has 1 N–H and O–H groups in total. The van der Waals surface area contributed by atoms with E-state index in [-0.39, 0.29) is 28.9 Å². The Kier molecular flexibility index (Phi) is 7.69. The normalized spacial score (nSPS) is 27.0. The number of likely N-dealkylation sites (tertiary alicyclic amines) is 3. The van der Waals surface area contributed by atoms with Gasteiger partial charge in [-0.2, -0.15) is 10.2 Å². The van der Waals surface area contributed by atoms with Crippen molar-refractivity contribution in [3.05, 3.63) is 40.7 Å². The molecule has 4 saturated heterocycles. The molecule has 48 heavy (non-hydrogen) atoms. The van der Waals surface area contributed by atoms with Crippen LogP contribution in [-0.2, 0) is 9.59 Å². The number of aromatic nitrogens is 4. The zero-order valence-electron chi connectivity index (χ0n) is 28.4. The van der Waals surface area contributed by atoms with Gasteiger partial charge in [-0.25, -0.2) is 0 Å². The smallest absolute Gasteiger partial charge is 0.245 e. The first-order valence-corrected chi connectivity index (χ1v) is 18.2. The SMILES string of the molecule is C=CC(=O)N1CC2(CC(n3nc(N4CC[C@@H](CN5CCC[C@@H]6CN(C)C(=O)[C@@H]65)CC4(C)C)c(-c4c(Cl)c(Cl)cc5[nH]ncc45)c3C)C2)C1. The molecule has 2 amide bonds. The first-order chi connectivity index (χ1) is 22.9. The van der Waals surface area contributed by atoms with E-state index >= 15 is 0 Å². The fourth-order valence-electron chi connectivity index (χ4n) is 10.0. The second kappa shape index (κ2) is 11.5. The molecule has 1 saturated carbocycles. The molecule has 10 nitrogen and oxygen atoms in total. The number of fused-ring (bicyclic) bond motifs is 2. The van der Waals surface area contributed by atoms with Crippen LogP contribution in [0.15, 0.2) is 24.9 Å². The Morgan fingerprint density at radius 3 is 2.65 bits per heavy atom. The molecule has 1 aromatic carbocycles. The minimum Gasteiger partial charge on any atom is -0.349 e. The third kappa shape index (κ3) is 4.99. The maximum Gasteiger partial charge on any atom is 0.245 e. The summed E-state index contributed by atoms with van der Waals surface area (Å²) in [5.74, 6) is 2.19. The molecule has 2 aromatic heterocycles. The van der Waals surface area contributed by atoms with Gasteiger partial charge in [-0.3, -0.25) is 24.3 Å². The van der Waals surface area contributed by atoms with Gasteiger partial charge in [0, 0.05) is 78.9 Å². The zero-order chi connectivity index (χ0) is 33.7. The number of carbonyl (C=O) groups is 2. The number of benzene rings is 1. The van der Waals surface area contributed by atoms with Crippen LogP contribution in [0.4, 0.5) is 5.82 Å². The second-order valence-corrected chi connectivity index (χ2v) is 16.7. The average Bonchev–Trinajstić information content (AvgIpc) is 3.68. The van der Waals surface area contributed by atoms with Gasteiger partial charge in [-0.1, -0.05) is 29.8 Å². The summed E-state index contributed by atoms with van der Waals surface area (Å²) in [6, 6.07) is 2.12. The van der Waals surface area contributed by atoms with Crippen molar-refractivity contribution in [2.45, 2.75) is 76.9 Å². The van der Waals surface area contributed by atoms with Gasteiger partial charge in [0.2, 0.25) is 11.8 Å². The molecule has 12 heteroatoms. The third-order valence-electron chi connectivity index (χ3n) is 12.3. The number of H-pyrrole nitrogens is 1. The highest BCUT2D eigenvalue weighted by Gasteiger charge is 2.55. The maximum absolute atomic E-state index is 13.1. The summed E-state index contributed by atoms with van der Waals surface area (Å²) in [7, 11) is 1.96. The number of piperidine rings is 2. The number of nitrogens with zero attached hydrogens (tertiary/aromatic N) is 7. The highest BCUT2D eigenvalue weighted by atomic mass is 35.5. The van der Waals surface area contributed by atoms with Crippen molar-refractivity contribution in [1.29, 1.82) is 0 Å². The van der Waals surface area contributed by atoms with Gasteiger partial charge in [0.1, 0.15) is 0 Å². The number of anilines is 1. The van der Waals surface area contributed by atoms with Gasteiger partial charge < -0.3 is 14.7 Å². The van der Waals surface area contributed by atoms with Gasteiger partial charge >= 0.3 is 0 Å². The summed E-state index contributed by atoms with van der Waals surface area (Å²) < 4.78 is 2.22. The van der Waals surface area contributed by atoms with Crippen molar-refractivity contribution < 1.29 is 9.59 Å². The largest absolute Gasteiger partial charge is 0.349 e. The van der Waals surface area contributed by atoms with Crippen LogP contribution in [0.3, 0.4) is 0 Å². The Bertz CT molecular complexity index is 1800. The van der Waals surface area contributed by atoms with Crippen molar-refractivity contribution in [3.63, 3.8) is 0 Å². The maximum atomic E-state index is 13.1. The van der Waals surface area contributed by atoms with Crippen molar-refractivity contribution in [3.8, 4) is 11.1 Å². The number of hydrogen-bond acceptors (Lipinski definition) is 6. The molecular weight excluding hydrogens is 647 g/mol. The van der Waals surface area contributed by atoms with E-state index in [4.69, 9.17) is 28.3 Å². The summed E-state index contributed by atoms with van der Waals surface area (Å²) in [4.78, 5) is 34.1. The van der Waals surface area contributed by atoms with Crippen molar-refractivity contribution >= 4 is 51.7 Å². The number of halogens is 2. The molecule has 1 spiro atoms. The van der Waals surface area contributed by atoms with Crippen LogP contribution in [-0.4, -0.2) is 104 Å². The lowest BCUT2D eigenvalue weighted by Crippen LogP contribution is -2.63. The van der Waals surface area contributed by atoms with Crippen LogP contribution in [0, 0.1) is 24.2 Å². The van der Waals surface area contributed by atoms with Crippen LogP contribution < -0.4 is 4.90 Å². The van der Waals surface area contributed by atoms with Crippen molar-refractivity contribution in [1.82, 2.24) is 34.7 Å². The standard InChI is InChI=1S/C36H46Cl2N8O2/c1-6-28(47)44-19-36(20-44)14-24(15-36)46-21(2)29(30-25-16-39-40-27(25)12-26(37)31(30)38)33(41-46)45-11-9-22(13-35(45,3)4)17-43-10-7-8-23-18-42(5)34(48)32(23)43/h6,12,16,22-24,32H,1,7-11,13-15,17-20H2,2-5H3,(H,39,40)/t22-,23-,32-/m1/s1. The van der Waals surface area contributed by atoms with Crippen molar-refractivity contribution in [2.24, 2.45) is 17.3 Å². The molecule has 0 radical (unpaired) electrons. The molecule has 3 aromatic rings. The van der Waals surface area contributed by atoms with E-state index in [1.165, 1.54) is 12.5 Å². The molecule has 0 unspecified atom stereocenters. The number of aromatic amines is 1. The Balaban J connectivity index is 1.11. The Morgan fingerprint density at radius 1 is 1.15 bits per heavy atom. The summed E-state index contributed by atoms with van der Waals surface area (Å²) >= 11 is 13.8. The molecule has 5 fully saturated rings. The number of nitrogens with one attached hydrogen (secondary N) is 1. The van der Waals surface area contributed by atoms with Crippen LogP contribution in [0.5, 0.6) is 0 Å². The van der Waals surface area contributed by atoms with Crippen molar-refractivity contribution in [2.75, 3.05) is 51.2 Å². The first kappa shape index (κ1) is 32.1. The monoisotopic (exact) mass is 692 g/mol. The lowest BCUT2D eigenvalue weighted by Gasteiger charge is -2.58. The Labute approximate surface area is 292 Å². The highest BCUT2D eigenvalue weighted by Crippen LogP contribution is 2.56. The van der Waals surface area contributed by atoms with E-state index in [1.54, 1.807) is 0 Å². The molecule has 0 bridgehead atoms. The molecule has 256 valence electrons. The summed E-state index contributed by atoms with van der Waals surface area (Å²) in [6.07, 6.45) is 9.54. The predicted molar refractivity (Wildman–Crippen MR) is 189 cm³/mol. The van der Waals surface area contributed by atoms with Gasteiger partial charge in [0.05, 0.1) is 33.8 Å². The molecule has 6 heterocycles. The van der Waals surface area contributed by atoms with E-state index < -0.39 is 0 Å². The Morgan fingerprint density at radius 2 is 1.92 bits per heavy atom. The number of rotatable bonds is 6. The van der Waals surface area contributed by atoms with E-state index in [0.717, 1.165) is 105 Å². The zero-order valence-corrected chi connectivity index (χ0v) is 29.9. The van der Waals surface area contributed by atoms with Gasteiger partial charge in [0.25, 0.3) is 0 Å². The molecule has 1 aliphatic carbocycles. The van der Waals surface area contributed by atoms with Crippen LogP contribution >= 0.6 is 23.2 Å². The van der Waals surface area contributed by atoms with Gasteiger partial charge in [-0.15, -0.1) is 0 Å². The first-order valence-electron chi connectivity index (χ1n) is 17.5. The summed E-state index contributed by atoms with van der Waals surface area (Å²) in [5, 5.41) is 14.8. The Hall–Kier alpha value is -3.08. The third-order valence-corrected chi connectivity index (χ3v) is 13.1. The number of carbonyl (C=O) groups excluding carboxylic acids is 2. The second-order valence-electron chi connectivity index (χ2n) is 16.0. The highest BCUT2D eigenvalue weighted by molar-refractivity contribution is 6.45. The fourth-order valence-corrected chi connectivity index (χ4v) is 10.5. The lowest BCUT2D eigenvalue weighted by atomic mass is 9.60. The fraction of sp³-hybridized carbons (Fsp3) is 0.611. The van der Waals surface area contributed by atoms with Gasteiger partial charge in [0.15, 0.2) is 5.82 Å². The molecule has 4 aliphatic heterocycles. The molecule has 3 atom stereocenters. The summed E-state index contributed by atoms with van der Waals surface area (Å²) in [5.41, 5.74) is 3.76. The van der Waals surface area contributed by atoms with E-state index in [2.05, 4.69) is 52.0 Å². The molecule has 5 aliphatic rings. The number of likely N-dealkylation sites (N-methyl/N-ethyl adjacent to an activating group) is 1. The molecule has 8 rings (SSSR count). The molecular formula is C36H46Cl2N8O2. The van der Waals surface area contributed by atoms with Gasteiger partial charge in [-0.05, 0) is 83.9 Å². The van der Waals surface area contributed by atoms with Crippen LogP contribution in [0.25, 0.3) is 22.0 Å². The lowest BCUT2D eigenvalue weighted by molar-refractivity contribution is -0.149. The van der Waals surface area contributed by atoms with Crippen LogP contribution in [0.1, 0.15) is 64.1 Å². The summed E-state index contributed by atoms with van der Waals surface area (Å²) in [6.45, 7) is 15.7. The quantitative estimate of drug-likeness (QED) is 0.322. The van der Waals surface area contributed by atoms with E-state index in [0.29, 0.717) is 27.8 Å². The number of hydrogen-bond donors (Lipinski definition) is 1. The topological polar surface area (TPSA) is 93.6 Å². The van der Waals surface area contributed by atoms with E-state index in [9.17, 15) is 9.59 Å². The minimum absolute atomic E-state index is 0.0107.